The minimum atomic E-state index is -4.90. The summed E-state index contributed by atoms with van der Waals surface area (Å²) in [4.78, 5) is 12.4. The van der Waals surface area contributed by atoms with Crippen molar-refractivity contribution >= 4 is 5.97 Å². The molecule has 2 aliphatic carbocycles. The van der Waals surface area contributed by atoms with Crippen LogP contribution >= 0.6 is 0 Å². The van der Waals surface area contributed by atoms with Gasteiger partial charge in [-0.1, -0.05) is 12.5 Å². The molecule has 194 valence electrons. The van der Waals surface area contributed by atoms with Gasteiger partial charge in [0.2, 0.25) is 0 Å². The van der Waals surface area contributed by atoms with Crippen molar-refractivity contribution < 1.29 is 35.9 Å². The summed E-state index contributed by atoms with van der Waals surface area (Å²) in [5, 5.41) is 0. The first-order valence-corrected chi connectivity index (χ1v) is 12.3. The summed E-state index contributed by atoms with van der Waals surface area (Å²) in [6, 6.07) is 3.37. The van der Waals surface area contributed by atoms with E-state index >= 15 is 8.78 Å². The lowest BCUT2D eigenvalue weighted by Gasteiger charge is -2.42. The quantitative estimate of drug-likeness (QED) is 0.168. The van der Waals surface area contributed by atoms with Gasteiger partial charge in [-0.2, -0.15) is 13.2 Å². The lowest BCUT2D eigenvalue weighted by Crippen LogP contribution is -2.31. The molecule has 36 heavy (non-hydrogen) atoms. The van der Waals surface area contributed by atoms with E-state index in [0.717, 1.165) is 56.7 Å². The van der Waals surface area contributed by atoms with E-state index in [1.807, 2.05) is 6.08 Å². The fraction of sp³-hybridized carbons (Fsp3) is 0.464. The smallest absolute Gasteiger partial charge is 0.419 e. The molecular weight excluding hydrogens is 482 g/mol. The van der Waals surface area contributed by atoms with Crippen molar-refractivity contribution in [3.05, 3.63) is 77.1 Å². The van der Waals surface area contributed by atoms with Crippen molar-refractivity contribution in [2.75, 3.05) is 0 Å². The molecule has 2 saturated carbocycles. The highest BCUT2D eigenvalue weighted by Crippen LogP contribution is 2.49. The van der Waals surface area contributed by atoms with Gasteiger partial charge in [0.1, 0.15) is 23.2 Å². The van der Waals surface area contributed by atoms with Gasteiger partial charge in [-0.25, -0.2) is 18.0 Å². The van der Waals surface area contributed by atoms with E-state index < -0.39 is 46.5 Å². The molecule has 2 nitrogen and oxygen atoms in total. The number of halogens is 6. The fourth-order valence-electron chi connectivity index (χ4n) is 5.91. The molecule has 0 spiro atoms. The van der Waals surface area contributed by atoms with Crippen molar-refractivity contribution in [3.8, 4) is 5.75 Å². The second-order valence-electron chi connectivity index (χ2n) is 9.96. The molecule has 4 rings (SSSR count). The average molecular weight is 511 g/mol. The van der Waals surface area contributed by atoms with Gasteiger partial charge < -0.3 is 4.74 Å². The van der Waals surface area contributed by atoms with Gasteiger partial charge in [0, 0.05) is 11.6 Å². The van der Waals surface area contributed by atoms with Crippen LogP contribution in [0.2, 0.25) is 0 Å². The normalized spacial score (nSPS) is 24.2. The van der Waals surface area contributed by atoms with Gasteiger partial charge in [0.15, 0.2) is 0 Å². The molecule has 0 aliphatic heterocycles. The number of esters is 1. The number of benzene rings is 2. The summed E-state index contributed by atoms with van der Waals surface area (Å²) in [6.45, 7) is 3.79. The van der Waals surface area contributed by atoms with Crippen molar-refractivity contribution in [1.29, 1.82) is 0 Å². The lowest BCUT2D eigenvalue weighted by molar-refractivity contribution is -0.140. The van der Waals surface area contributed by atoms with Gasteiger partial charge >= 0.3 is 12.1 Å². The number of hydrogen-bond donors (Lipinski definition) is 0. The Morgan fingerprint density at radius 2 is 1.61 bits per heavy atom. The van der Waals surface area contributed by atoms with E-state index in [1.165, 1.54) is 0 Å². The van der Waals surface area contributed by atoms with Crippen LogP contribution in [0.3, 0.4) is 0 Å². The number of alkyl halides is 3. The van der Waals surface area contributed by atoms with Crippen LogP contribution in [0.25, 0.3) is 0 Å². The van der Waals surface area contributed by atoms with Crippen LogP contribution in [-0.2, 0) is 6.18 Å². The van der Waals surface area contributed by atoms with Crippen LogP contribution < -0.4 is 4.74 Å². The molecule has 8 heteroatoms. The fourth-order valence-corrected chi connectivity index (χ4v) is 5.91. The van der Waals surface area contributed by atoms with Gasteiger partial charge in [0.25, 0.3) is 0 Å². The van der Waals surface area contributed by atoms with Gasteiger partial charge in [-0.05, 0) is 92.9 Å². The summed E-state index contributed by atoms with van der Waals surface area (Å²) in [5.74, 6) is -3.66. The highest BCUT2D eigenvalue weighted by atomic mass is 19.4. The maximum atomic E-state index is 15.0. The molecule has 2 fully saturated rings. The van der Waals surface area contributed by atoms with Crippen LogP contribution in [0.4, 0.5) is 26.3 Å². The van der Waals surface area contributed by atoms with Crippen LogP contribution in [0.15, 0.2) is 43.0 Å². The first-order valence-electron chi connectivity index (χ1n) is 12.3. The zero-order valence-electron chi connectivity index (χ0n) is 19.7. The van der Waals surface area contributed by atoms with Crippen molar-refractivity contribution in [3.63, 3.8) is 0 Å². The van der Waals surface area contributed by atoms with Crippen LogP contribution in [0.1, 0.15) is 78.8 Å². The molecular formula is C28H28F6O2. The second kappa shape index (κ2) is 10.7. The third-order valence-electron chi connectivity index (χ3n) is 7.68. The molecule has 0 N–H and O–H groups in total. The maximum Gasteiger partial charge on any atom is 0.419 e. The van der Waals surface area contributed by atoms with E-state index in [-0.39, 0.29) is 11.5 Å². The van der Waals surface area contributed by atoms with Gasteiger partial charge in [0.05, 0.1) is 11.1 Å². The average Bonchev–Trinajstić information content (AvgIpc) is 2.81. The molecule has 0 heterocycles. The number of ether oxygens (including phenoxy) is 1. The molecule has 0 saturated heterocycles. The Kier molecular flexibility index (Phi) is 7.81. The topological polar surface area (TPSA) is 26.3 Å². The molecule has 2 aliphatic rings. The second-order valence-corrected chi connectivity index (χ2v) is 9.96. The molecule has 0 bridgehead atoms. The Morgan fingerprint density at radius 1 is 0.944 bits per heavy atom. The number of allylic oxidation sites excluding steroid dienone is 1. The number of rotatable bonds is 6. The first-order chi connectivity index (χ1) is 17.1. The van der Waals surface area contributed by atoms with Crippen LogP contribution in [0.5, 0.6) is 5.75 Å². The Hall–Kier alpha value is -2.77. The Labute approximate surface area is 206 Å². The monoisotopic (exact) mass is 510 g/mol. The van der Waals surface area contributed by atoms with Gasteiger partial charge in [-0.3, -0.25) is 0 Å². The minimum Gasteiger partial charge on any atom is -0.423 e. The van der Waals surface area contributed by atoms with E-state index in [4.69, 9.17) is 4.74 Å². The standard InChI is InChI=1S/C28H28F6O2/c1-2-3-4-16-5-6-18-12-19(8-7-17(18)11-16)26-24(30)13-20(14-25(26)31)27(35)36-21-9-10-22(23(29)15-21)28(32,33)34/h2,9-10,13-19H,1,3-8,11-12H2. The Bertz CT molecular complexity index is 1100. The molecule has 0 aromatic heterocycles. The predicted octanol–water partition coefficient (Wildman–Crippen LogP) is 8.61. The van der Waals surface area contributed by atoms with E-state index in [2.05, 4.69) is 6.58 Å². The molecule has 0 radical (unpaired) electrons. The lowest BCUT2D eigenvalue weighted by atomic mass is 9.63. The number of hydrogen-bond acceptors (Lipinski definition) is 2. The summed E-state index contributed by atoms with van der Waals surface area (Å²) < 4.78 is 86.8. The molecule has 4 atom stereocenters. The molecule has 2 aromatic rings. The first kappa shape index (κ1) is 26.3. The predicted molar refractivity (Wildman–Crippen MR) is 123 cm³/mol. The third kappa shape index (κ3) is 5.79. The highest BCUT2D eigenvalue weighted by Gasteiger charge is 2.38. The van der Waals surface area contributed by atoms with E-state index in [1.54, 1.807) is 0 Å². The summed E-state index contributed by atoms with van der Waals surface area (Å²) >= 11 is 0. The third-order valence-corrected chi connectivity index (χ3v) is 7.68. The molecule has 2 aromatic carbocycles. The molecule has 4 unspecified atom stereocenters. The maximum absolute atomic E-state index is 15.0. The number of carbonyl (C=O) groups is 1. The minimum absolute atomic E-state index is 0.0423. The summed E-state index contributed by atoms with van der Waals surface area (Å²) in [5.41, 5.74) is -1.99. The zero-order chi connectivity index (χ0) is 26.0. The van der Waals surface area contributed by atoms with Crippen LogP contribution in [0, 0.1) is 35.2 Å². The number of carbonyl (C=O) groups excluding carboxylic acids is 1. The highest BCUT2D eigenvalue weighted by molar-refractivity contribution is 5.91. The Morgan fingerprint density at radius 3 is 2.25 bits per heavy atom. The SMILES string of the molecule is C=CCCC1CCC2CC(c3c(F)cc(C(=O)Oc4ccc(C(F)(F)F)c(F)c4)cc3F)CCC2C1. The summed E-state index contributed by atoms with van der Waals surface area (Å²) in [7, 11) is 0. The van der Waals surface area contributed by atoms with E-state index in [9.17, 15) is 22.4 Å². The van der Waals surface area contributed by atoms with Gasteiger partial charge in [-0.15, -0.1) is 6.58 Å². The Balaban J connectivity index is 1.44. The largest absolute Gasteiger partial charge is 0.423 e. The van der Waals surface area contributed by atoms with Crippen molar-refractivity contribution in [2.24, 2.45) is 17.8 Å². The van der Waals surface area contributed by atoms with Crippen molar-refractivity contribution in [2.45, 2.75) is 63.5 Å². The zero-order valence-corrected chi connectivity index (χ0v) is 19.7. The number of fused-ring (bicyclic) bond motifs is 1. The molecule has 0 amide bonds. The summed E-state index contributed by atoms with van der Waals surface area (Å²) in [6.07, 6.45) is 4.74. The van der Waals surface area contributed by atoms with E-state index in [0.29, 0.717) is 42.7 Å². The van der Waals surface area contributed by atoms with Crippen molar-refractivity contribution in [1.82, 2.24) is 0 Å². The van der Waals surface area contributed by atoms with Crippen LogP contribution in [-0.4, -0.2) is 5.97 Å².